The fraction of sp³-hybridized carbons (Fsp3) is 0.111. The van der Waals surface area contributed by atoms with E-state index in [-0.39, 0.29) is 61.2 Å². The third-order valence-corrected chi connectivity index (χ3v) is 20.5. The summed E-state index contributed by atoms with van der Waals surface area (Å²) in [5.41, 5.74) is 0. The Bertz CT molecular complexity index is 1800. The first-order chi connectivity index (χ1) is 28.8. The zero-order valence-electron chi connectivity index (χ0n) is 33.8. The molecule has 0 aliphatic carbocycles. The predicted octanol–water partition coefficient (Wildman–Crippen LogP) is 8.29. The van der Waals surface area contributed by atoms with Gasteiger partial charge in [-0.25, -0.2) is 0 Å². The molecule has 8 rings (SSSR count). The van der Waals surface area contributed by atoms with E-state index in [1.807, 2.05) is 0 Å². The van der Waals surface area contributed by atoms with Crippen LogP contribution in [-0.4, -0.2) is 24.6 Å². The van der Waals surface area contributed by atoms with Crippen LogP contribution < -0.4 is 54.8 Å². The van der Waals surface area contributed by atoms with Crippen molar-refractivity contribution in [2.75, 3.05) is 24.6 Å². The Morgan fingerprint density at radius 2 is 0.317 bits per heavy atom. The zero-order valence-corrected chi connectivity index (χ0v) is 39.1. The quantitative estimate of drug-likeness (QED) is 0.0677. The van der Waals surface area contributed by atoms with Gasteiger partial charge in [0.05, 0.1) is 0 Å². The molecular formula is C54H52ClCuP4. The maximum absolute atomic E-state index is 2.30. The third-order valence-electron chi connectivity index (χ3n) is 10.1. The van der Waals surface area contributed by atoms with Gasteiger partial charge in [-0.2, -0.15) is 0 Å². The first-order valence-electron chi connectivity index (χ1n) is 20.3. The summed E-state index contributed by atoms with van der Waals surface area (Å²) in [5, 5.41) is 11.9. The Labute approximate surface area is 381 Å². The van der Waals surface area contributed by atoms with Gasteiger partial charge in [0.1, 0.15) is 0 Å². The fourth-order valence-corrected chi connectivity index (χ4v) is 17.2. The first kappa shape index (κ1) is 47.3. The van der Waals surface area contributed by atoms with Gasteiger partial charge in [0, 0.05) is 0 Å². The molecule has 0 bridgehead atoms. The average Bonchev–Trinajstić information content (AvgIpc) is 3.32. The molecule has 306 valence electrons. The van der Waals surface area contributed by atoms with Crippen LogP contribution in [0.5, 0.6) is 0 Å². The van der Waals surface area contributed by atoms with Gasteiger partial charge in [-0.3, -0.25) is 0 Å². The van der Waals surface area contributed by atoms with E-state index in [0.717, 1.165) is 0 Å². The second-order valence-corrected chi connectivity index (χ2v) is 23.3. The van der Waals surface area contributed by atoms with E-state index in [1.165, 1.54) is 79.9 Å². The molecule has 0 unspecified atom stereocenters. The van der Waals surface area contributed by atoms with Gasteiger partial charge in [0.25, 0.3) is 0 Å². The van der Waals surface area contributed by atoms with Crippen LogP contribution in [0.4, 0.5) is 0 Å². The Morgan fingerprint density at radius 3 is 0.433 bits per heavy atom. The Kier molecular flexibility index (Phi) is 21.0. The molecular weight excluding hydrogens is 871 g/mol. The summed E-state index contributed by atoms with van der Waals surface area (Å²) in [6.45, 7) is 0. The summed E-state index contributed by atoms with van der Waals surface area (Å²) in [7, 11) is -1.24. The molecule has 0 aliphatic heterocycles. The average molecular weight is 924 g/mol. The summed E-state index contributed by atoms with van der Waals surface area (Å²) in [4.78, 5) is 0. The molecule has 0 aliphatic rings. The smallest absolute Gasteiger partial charge is 1.00 e. The molecule has 0 radical (unpaired) electrons. The van der Waals surface area contributed by atoms with Crippen molar-refractivity contribution in [3.63, 3.8) is 0 Å². The van der Waals surface area contributed by atoms with E-state index in [0.29, 0.717) is 0 Å². The van der Waals surface area contributed by atoms with Crippen molar-refractivity contribution in [1.29, 1.82) is 0 Å². The van der Waals surface area contributed by atoms with E-state index in [2.05, 4.69) is 243 Å². The molecule has 0 saturated heterocycles. The van der Waals surface area contributed by atoms with Crippen molar-refractivity contribution in [2.24, 2.45) is 0 Å². The molecule has 0 nitrogen and oxygen atoms in total. The summed E-state index contributed by atoms with van der Waals surface area (Å²) < 4.78 is 0. The van der Waals surface area contributed by atoms with E-state index in [4.69, 9.17) is 0 Å². The van der Waals surface area contributed by atoms with Gasteiger partial charge in [-0.15, -0.1) is 0 Å². The predicted molar refractivity (Wildman–Crippen MR) is 265 cm³/mol. The van der Waals surface area contributed by atoms with Gasteiger partial charge in [0.15, 0.2) is 0 Å². The van der Waals surface area contributed by atoms with Crippen molar-refractivity contribution in [2.45, 2.75) is 12.8 Å². The molecule has 0 N–H and O–H groups in total. The molecule has 0 atom stereocenters. The van der Waals surface area contributed by atoms with Crippen LogP contribution in [0, 0.1) is 0 Å². The SMILES string of the molecule is [Cl-].[Cu+].c1ccc(P(CCCP(c2ccccc2)c2ccccc2)c2ccccc2)cc1.c1ccc(P(CCCP(c2ccccc2)c2ccccc2)c2ccccc2)cc1. The molecule has 0 heterocycles. The summed E-state index contributed by atoms with van der Waals surface area (Å²) in [5.74, 6) is 0. The molecule has 6 heteroatoms. The molecule has 8 aromatic rings. The second-order valence-electron chi connectivity index (χ2n) is 14.0. The van der Waals surface area contributed by atoms with Gasteiger partial charge in [0.2, 0.25) is 0 Å². The minimum atomic E-state index is -0.309. The molecule has 0 aromatic heterocycles. The standard InChI is InChI=1S/2C27H26P2.ClH.Cu/c2*1-5-14-24(15-6-1)28(25-16-7-2-8-17-25)22-13-23-29(26-18-9-3-10-19-26)27-20-11-4-12-21-27;;/h2*1-12,14-21H,13,22-23H2;1H;/q;;;+1/p-1. The topological polar surface area (TPSA) is 0 Å². The number of rotatable bonds is 16. The maximum atomic E-state index is 2.30. The van der Waals surface area contributed by atoms with Crippen LogP contribution in [0.2, 0.25) is 0 Å². The van der Waals surface area contributed by atoms with Crippen molar-refractivity contribution < 1.29 is 29.5 Å². The monoisotopic (exact) mass is 922 g/mol. The molecule has 0 fully saturated rings. The fourth-order valence-electron chi connectivity index (χ4n) is 7.27. The van der Waals surface area contributed by atoms with Gasteiger partial charge < -0.3 is 12.4 Å². The summed E-state index contributed by atoms with van der Waals surface area (Å²) >= 11 is 0. The van der Waals surface area contributed by atoms with Crippen LogP contribution in [-0.2, 0) is 17.1 Å². The number of hydrogen-bond acceptors (Lipinski definition) is 0. The van der Waals surface area contributed by atoms with Crippen LogP contribution in [0.1, 0.15) is 12.8 Å². The number of benzene rings is 8. The van der Waals surface area contributed by atoms with Gasteiger partial charge in [-0.05, 0) is 112 Å². The molecule has 0 amide bonds. The van der Waals surface area contributed by atoms with Gasteiger partial charge >= 0.3 is 17.1 Å². The summed E-state index contributed by atoms with van der Waals surface area (Å²) in [6, 6.07) is 88.6. The minimum Gasteiger partial charge on any atom is -1.00 e. The molecule has 60 heavy (non-hydrogen) atoms. The second kappa shape index (κ2) is 26.6. The largest absolute Gasteiger partial charge is 1.00 e. The maximum Gasteiger partial charge on any atom is 1.00 e. The van der Waals surface area contributed by atoms with E-state index in [9.17, 15) is 0 Å². The zero-order chi connectivity index (χ0) is 39.5. The molecule has 0 spiro atoms. The van der Waals surface area contributed by atoms with E-state index in [1.54, 1.807) is 0 Å². The van der Waals surface area contributed by atoms with E-state index >= 15 is 0 Å². The third kappa shape index (κ3) is 14.2. The summed E-state index contributed by atoms with van der Waals surface area (Å²) in [6.07, 6.45) is 7.43. The van der Waals surface area contributed by atoms with Crippen LogP contribution in [0.3, 0.4) is 0 Å². The Balaban J connectivity index is 0.000000220. The van der Waals surface area contributed by atoms with Crippen molar-refractivity contribution in [3.8, 4) is 0 Å². The molecule has 8 aromatic carbocycles. The van der Waals surface area contributed by atoms with Crippen molar-refractivity contribution in [3.05, 3.63) is 243 Å². The first-order valence-corrected chi connectivity index (χ1v) is 26.4. The minimum absolute atomic E-state index is 0. The van der Waals surface area contributed by atoms with E-state index < -0.39 is 0 Å². The van der Waals surface area contributed by atoms with Crippen molar-refractivity contribution in [1.82, 2.24) is 0 Å². The van der Waals surface area contributed by atoms with Crippen LogP contribution >= 0.6 is 31.7 Å². The number of hydrogen-bond donors (Lipinski definition) is 0. The number of halogens is 1. The van der Waals surface area contributed by atoms with Crippen LogP contribution in [0.15, 0.2) is 243 Å². The van der Waals surface area contributed by atoms with Crippen molar-refractivity contribution >= 4 is 74.1 Å². The molecule has 0 saturated carbocycles. The van der Waals surface area contributed by atoms with Gasteiger partial charge in [-0.1, -0.05) is 243 Å². The normalized spacial score (nSPS) is 10.7. The Hall–Kier alpha value is -3.71. The van der Waals surface area contributed by atoms with Crippen LogP contribution in [0.25, 0.3) is 0 Å². The Morgan fingerprint density at radius 1 is 0.200 bits per heavy atom.